The first-order valence-corrected chi connectivity index (χ1v) is 10.2. The molecule has 0 atom stereocenters. The van der Waals surface area contributed by atoms with E-state index in [2.05, 4.69) is 16.2 Å². The molecule has 5 nitrogen and oxygen atoms in total. The zero-order valence-corrected chi connectivity index (χ0v) is 17.6. The summed E-state index contributed by atoms with van der Waals surface area (Å²) < 4.78 is 0.910. The van der Waals surface area contributed by atoms with E-state index in [0.717, 1.165) is 15.6 Å². The molecule has 0 saturated carbocycles. The summed E-state index contributed by atoms with van der Waals surface area (Å²) in [5.74, 6) is -0.717. The molecule has 0 aliphatic carbocycles. The number of thiocarbonyl (C=S) groups is 1. The Kier molecular flexibility index (Phi) is 6.85. The molecule has 0 aliphatic heterocycles. The van der Waals surface area contributed by atoms with Crippen LogP contribution in [-0.2, 0) is 11.2 Å². The number of hydrazine groups is 1. The highest BCUT2D eigenvalue weighted by Crippen LogP contribution is 2.34. The molecule has 0 radical (unpaired) electrons. The molecule has 144 valence electrons. The number of carbonyl (C=O) groups excluding carboxylic acids is 2. The van der Waals surface area contributed by atoms with Gasteiger partial charge in [0.25, 0.3) is 5.91 Å². The van der Waals surface area contributed by atoms with Crippen LogP contribution < -0.4 is 16.2 Å². The highest BCUT2D eigenvalue weighted by atomic mass is 35.5. The monoisotopic (exact) mass is 451 g/mol. The lowest BCUT2D eigenvalue weighted by molar-refractivity contribution is -0.119. The topological polar surface area (TPSA) is 70.2 Å². The van der Waals surface area contributed by atoms with Crippen LogP contribution in [0.4, 0.5) is 0 Å². The van der Waals surface area contributed by atoms with Crippen molar-refractivity contribution in [2.45, 2.75) is 12.8 Å². The molecule has 28 heavy (non-hydrogen) atoms. The standard InChI is InChI=1S/C19H15Cl2N3O2S2/c20-13-7-3-1-5-11(13)9-10-15(25)22-19(27)24-23-18(26)17-16(21)12-6-2-4-8-14(12)28-17/h1-8H,9-10H2,(H,23,26)(H2,22,24,25,27). The second-order valence-electron chi connectivity index (χ2n) is 5.79. The van der Waals surface area contributed by atoms with Gasteiger partial charge in [0.1, 0.15) is 4.88 Å². The normalized spacial score (nSPS) is 10.5. The maximum absolute atomic E-state index is 12.3. The van der Waals surface area contributed by atoms with Crippen LogP contribution in [0.2, 0.25) is 10.0 Å². The van der Waals surface area contributed by atoms with Crippen LogP contribution in [0.1, 0.15) is 21.7 Å². The number of aryl methyl sites for hydroxylation is 1. The number of nitrogens with one attached hydrogen (secondary N) is 3. The van der Waals surface area contributed by atoms with Gasteiger partial charge in [0, 0.05) is 21.5 Å². The Morgan fingerprint density at radius 3 is 2.46 bits per heavy atom. The lowest BCUT2D eigenvalue weighted by atomic mass is 10.1. The molecule has 0 spiro atoms. The fraction of sp³-hybridized carbons (Fsp3) is 0.105. The van der Waals surface area contributed by atoms with Crippen molar-refractivity contribution in [1.82, 2.24) is 16.2 Å². The third kappa shape index (κ3) is 4.99. The predicted molar refractivity (Wildman–Crippen MR) is 118 cm³/mol. The van der Waals surface area contributed by atoms with Crippen LogP contribution in [0.5, 0.6) is 0 Å². The molecule has 0 bridgehead atoms. The van der Waals surface area contributed by atoms with E-state index in [1.807, 2.05) is 42.5 Å². The second kappa shape index (κ2) is 9.34. The van der Waals surface area contributed by atoms with Gasteiger partial charge >= 0.3 is 0 Å². The lowest BCUT2D eigenvalue weighted by Crippen LogP contribution is -2.48. The molecular weight excluding hydrogens is 437 g/mol. The molecule has 1 aromatic heterocycles. The van der Waals surface area contributed by atoms with Crippen molar-refractivity contribution in [3.63, 3.8) is 0 Å². The van der Waals surface area contributed by atoms with E-state index in [0.29, 0.717) is 21.3 Å². The summed E-state index contributed by atoms with van der Waals surface area (Å²) in [7, 11) is 0. The second-order valence-corrected chi connectivity index (χ2v) is 8.03. The number of thiophene rings is 1. The van der Waals surface area contributed by atoms with Gasteiger partial charge in [-0.3, -0.25) is 20.4 Å². The number of fused-ring (bicyclic) bond motifs is 1. The summed E-state index contributed by atoms with van der Waals surface area (Å²) in [6.45, 7) is 0. The molecule has 2 aromatic carbocycles. The van der Waals surface area contributed by atoms with Crippen molar-refractivity contribution in [1.29, 1.82) is 0 Å². The Bertz CT molecular complexity index is 1050. The van der Waals surface area contributed by atoms with Gasteiger partial charge in [-0.15, -0.1) is 11.3 Å². The van der Waals surface area contributed by atoms with Crippen molar-refractivity contribution < 1.29 is 9.59 Å². The summed E-state index contributed by atoms with van der Waals surface area (Å²) in [6.07, 6.45) is 0.694. The predicted octanol–water partition coefficient (Wildman–Crippen LogP) is 4.48. The quantitative estimate of drug-likeness (QED) is 0.404. The number of benzene rings is 2. The fourth-order valence-electron chi connectivity index (χ4n) is 2.50. The number of amides is 2. The van der Waals surface area contributed by atoms with E-state index < -0.39 is 5.91 Å². The van der Waals surface area contributed by atoms with Gasteiger partial charge in [-0.25, -0.2) is 0 Å². The summed E-state index contributed by atoms with van der Waals surface area (Å²) in [6, 6.07) is 14.8. The molecule has 1 heterocycles. The van der Waals surface area contributed by atoms with Gasteiger partial charge in [0.15, 0.2) is 5.11 Å². The zero-order chi connectivity index (χ0) is 20.1. The largest absolute Gasteiger partial charge is 0.302 e. The summed E-state index contributed by atoms with van der Waals surface area (Å²) in [5.41, 5.74) is 5.84. The van der Waals surface area contributed by atoms with Crippen LogP contribution in [0.3, 0.4) is 0 Å². The Morgan fingerprint density at radius 2 is 1.71 bits per heavy atom. The number of carbonyl (C=O) groups is 2. The molecule has 2 amide bonds. The van der Waals surface area contributed by atoms with Crippen molar-refractivity contribution in [3.8, 4) is 0 Å². The Balaban J connectivity index is 1.49. The van der Waals surface area contributed by atoms with Gasteiger partial charge in [-0.2, -0.15) is 0 Å². The number of hydrogen-bond donors (Lipinski definition) is 3. The van der Waals surface area contributed by atoms with Crippen LogP contribution in [0, 0.1) is 0 Å². The average Bonchev–Trinajstić information content (AvgIpc) is 3.02. The van der Waals surface area contributed by atoms with Crippen LogP contribution in [-0.4, -0.2) is 16.9 Å². The van der Waals surface area contributed by atoms with Gasteiger partial charge in [0.05, 0.1) is 5.02 Å². The van der Waals surface area contributed by atoms with Crippen molar-refractivity contribution in [3.05, 3.63) is 69.0 Å². The minimum atomic E-state index is -0.432. The number of halogens is 2. The molecule has 0 unspecified atom stereocenters. The summed E-state index contributed by atoms with van der Waals surface area (Å²) in [5, 5.41) is 4.32. The molecule has 0 aliphatic rings. The van der Waals surface area contributed by atoms with Crippen LogP contribution in [0.15, 0.2) is 48.5 Å². The molecule has 3 rings (SSSR count). The Hall–Kier alpha value is -2.19. The molecule has 3 aromatic rings. The highest BCUT2D eigenvalue weighted by Gasteiger charge is 2.17. The molecule has 3 N–H and O–H groups in total. The summed E-state index contributed by atoms with van der Waals surface area (Å²) >= 11 is 18.7. The van der Waals surface area contributed by atoms with E-state index in [9.17, 15) is 9.59 Å². The van der Waals surface area contributed by atoms with Crippen LogP contribution >= 0.6 is 46.8 Å². The minimum Gasteiger partial charge on any atom is -0.302 e. The lowest BCUT2D eigenvalue weighted by Gasteiger charge is -2.10. The first-order chi connectivity index (χ1) is 13.5. The van der Waals surface area contributed by atoms with E-state index in [4.69, 9.17) is 35.4 Å². The third-order valence-corrected chi connectivity index (χ3v) is 6.11. The maximum atomic E-state index is 12.3. The van der Waals surface area contributed by atoms with E-state index in [1.54, 1.807) is 6.07 Å². The smallest absolute Gasteiger partial charge is 0.281 e. The fourth-order valence-corrected chi connectivity index (χ4v) is 4.31. The summed E-state index contributed by atoms with van der Waals surface area (Å²) in [4.78, 5) is 24.7. The number of rotatable bonds is 4. The maximum Gasteiger partial charge on any atom is 0.281 e. The third-order valence-electron chi connectivity index (χ3n) is 3.86. The molecular formula is C19H15Cl2N3O2S2. The van der Waals surface area contributed by atoms with E-state index in [-0.39, 0.29) is 17.4 Å². The van der Waals surface area contributed by atoms with Crippen LogP contribution in [0.25, 0.3) is 10.1 Å². The Morgan fingerprint density at radius 1 is 1.00 bits per heavy atom. The number of hydrogen-bond acceptors (Lipinski definition) is 4. The van der Waals surface area contributed by atoms with Gasteiger partial charge in [0.2, 0.25) is 5.91 Å². The minimum absolute atomic E-state index is 0.00487. The molecule has 0 saturated heterocycles. The van der Waals surface area contributed by atoms with Gasteiger partial charge in [-0.05, 0) is 36.3 Å². The first kappa shape index (κ1) is 20.5. The van der Waals surface area contributed by atoms with E-state index in [1.165, 1.54) is 11.3 Å². The van der Waals surface area contributed by atoms with E-state index >= 15 is 0 Å². The van der Waals surface area contributed by atoms with Crippen molar-refractivity contribution >= 4 is 73.8 Å². The van der Waals surface area contributed by atoms with Crippen molar-refractivity contribution in [2.24, 2.45) is 0 Å². The Labute approximate surface area is 181 Å². The molecule has 9 heteroatoms. The average molecular weight is 452 g/mol. The zero-order valence-electron chi connectivity index (χ0n) is 14.4. The van der Waals surface area contributed by atoms with Gasteiger partial charge in [-0.1, -0.05) is 59.6 Å². The molecule has 0 fully saturated rings. The highest BCUT2D eigenvalue weighted by molar-refractivity contribution is 7.80. The SMILES string of the molecule is O=C(CCc1ccccc1Cl)NC(=S)NNC(=O)c1sc2ccccc2c1Cl. The van der Waals surface area contributed by atoms with Crippen molar-refractivity contribution in [2.75, 3.05) is 0 Å². The first-order valence-electron chi connectivity index (χ1n) is 8.26. The van der Waals surface area contributed by atoms with Gasteiger partial charge < -0.3 is 5.32 Å².